The first kappa shape index (κ1) is 15.9. The Bertz CT molecular complexity index is 755. The van der Waals surface area contributed by atoms with E-state index in [1.54, 1.807) is 13.2 Å². The van der Waals surface area contributed by atoms with Crippen molar-refractivity contribution >= 4 is 12.0 Å². The monoisotopic (exact) mass is 325 g/mol. The van der Waals surface area contributed by atoms with Crippen LogP contribution in [-0.4, -0.2) is 26.2 Å². The highest BCUT2D eigenvalue weighted by atomic mass is 16.6. The average molecular weight is 325 g/mol. The van der Waals surface area contributed by atoms with Crippen molar-refractivity contribution in [2.24, 2.45) is 0 Å². The van der Waals surface area contributed by atoms with Crippen LogP contribution in [0, 0.1) is 0 Å². The zero-order chi connectivity index (χ0) is 16.8. The maximum absolute atomic E-state index is 11.9. The van der Waals surface area contributed by atoms with E-state index in [0.29, 0.717) is 25.5 Å². The van der Waals surface area contributed by atoms with Crippen LogP contribution < -0.4 is 19.5 Å². The van der Waals surface area contributed by atoms with E-state index >= 15 is 0 Å². The van der Waals surface area contributed by atoms with Crippen LogP contribution in [0.15, 0.2) is 48.5 Å². The molecule has 2 aromatic carbocycles. The summed E-state index contributed by atoms with van der Waals surface area (Å²) in [6.45, 7) is 1.55. The molecule has 1 aliphatic rings. The number of carbonyl (C=O) groups excluding carboxylic acids is 1. The molecule has 124 valence electrons. The van der Waals surface area contributed by atoms with E-state index in [1.165, 1.54) is 6.08 Å². The van der Waals surface area contributed by atoms with Crippen LogP contribution in [0.5, 0.6) is 17.2 Å². The van der Waals surface area contributed by atoms with Gasteiger partial charge in [-0.25, -0.2) is 0 Å². The van der Waals surface area contributed by atoms with Gasteiger partial charge in [0.05, 0.1) is 7.11 Å². The largest absolute Gasteiger partial charge is 0.497 e. The van der Waals surface area contributed by atoms with E-state index in [9.17, 15) is 4.79 Å². The summed E-state index contributed by atoms with van der Waals surface area (Å²) in [4.78, 5) is 11.9. The third-order valence-electron chi connectivity index (χ3n) is 3.59. The minimum absolute atomic E-state index is 0.160. The summed E-state index contributed by atoms with van der Waals surface area (Å²) in [7, 11) is 1.62. The number of carbonyl (C=O) groups is 1. The summed E-state index contributed by atoms with van der Waals surface area (Å²) >= 11 is 0. The van der Waals surface area contributed by atoms with Gasteiger partial charge in [0, 0.05) is 12.6 Å². The molecule has 0 saturated carbocycles. The Morgan fingerprint density at radius 2 is 2.00 bits per heavy atom. The Hall–Kier alpha value is -2.95. The summed E-state index contributed by atoms with van der Waals surface area (Å²) < 4.78 is 16.2. The zero-order valence-corrected chi connectivity index (χ0v) is 13.5. The van der Waals surface area contributed by atoms with Crippen LogP contribution in [0.2, 0.25) is 0 Å². The molecule has 0 atom stereocenters. The molecule has 1 aliphatic heterocycles. The lowest BCUT2D eigenvalue weighted by Gasteiger charge is -2.18. The molecule has 0 fully saturated rings. The molecule has 5 heteroatoms. The van der Waals surface area contributed by atoms with Crippen molar-refractivity contribution in [3.05, 3.63) is 59.7 Å². The van der Waals surface area contributed by atoms with Crippen LogP contribution in [0.4, 0.5) is 0 Å². The Kier molecular flexibility index (Phi) is 5.01. The van der Waals surface area contributed by atoms with Gasteiger partial charge < -0.3 is 19.5 Å². The molecule has 5 nitrogen and oxygen atoms in total. The molecule has 3 rings (SSSR count). The standard InChI is InChI=1S/C19H19NO4/c1-22-16-4-2-3-15(11-16)13-20-19(21)8-6-14-5-7-17-18(12-14)24-10-9-23-17/h2-8,11-12H,9-10,13H2,1H3,(H,20,21)/b8-6+. The van der Waals surface area contributed by atoms with Gasteiger partial charge in [0.15, 0.2) is 11.5 Å². The number of nitrogens with one attached hydrogen (secondary N) is 1. The van der Waals surface area contributed by atoms with Gasteiger partial charge in [0.25, 0.3) is 0 Å². The molecule has 1 N–H and O–H groups in total. The van der Waals surface area contributed by atoms with Gasteiger partial charge in [-0.15, -0.1) is 0 Å². The van der Waals surface area contributed by atoms with Gasteiger partial charge in [-0.3, -0.25) is 4.79 Å². The number of hydrogen-bond donors (Lipinski definition) is 1. The molecular formula is C19H19NO4. The van der Waals surface area contributed by atoms with Crippen LogP contribution in [-0.2, 0) is 11.3 Å². The molecule has 24 heavy (non-hydrogen) atoms. The predicted octanol–water partition coefficient (Wildman–Crippen LogP) is 2.80. The van der Waals surface area contributed by atoms with E-state index in [-0.39, 0.29) is 5.91 Å². The Balaban J connectivity index is 1.57. The van der Waals surface area contributed by atoms with Crippen molar-refractivity contribution in [3.8, 4) is 17.2 Å². The van der Waals surface area contributed by atoms with Gasteiger partial charge in [-0.05, 0) is 41.5 Å². The number of methoxy groups -OCH3 is 1. The molecule has 0 radical (unpaired) electrons. The first-order chi connectivity index (χ1) is 11.7. The van der Waals surface area contributed by atoms with Crippen LogP contribution in [0.1, 0.15) is 11.1 Å². The van der Waals surface area contributed by atoms with E-state index in [0.717, 1.165) is 22.6 Å². The number of benzene rings is 2. The molecule has 2 aromatic rings. The fraction of sp³-hybridized carbons (Fsp3) is 0.211. The fourth-order valence-corrected chi connectivity index (χ4v) is 2.37. The van der Waals surface area contributed by atoms with Crippen LogP contribution in [0.3, 0.4) is 0 Å². The number of hydrogen-bond acceptors (Lipinski definition) is 4. The topological polar surface area (TPSA) is 56.8 Å². The first-order valence-electron chi connectivity index (χ1n) is 7.73. The van der Waals surface area contributed by atoms with Crippen molar-refractivity contribution in [2.45, 2.75) is 6.54 Å². The van der Waals surface area contributed by atoms with Gasteiger partial charge in [0.2, 0.25) is 5.91 Å². The third kappa shape index (κ3) is 4.07. The fourth-order valence-electron chi connectivity index (χ4n) is 2.37. The van der Waals surface area contributed by atoms with Crippen LogP contribution in [0.25, 0.3) is 6.08 Å². The summed E-state index contributed by atoms with van der Waals surface area (Å²) in [6.07, 6.45) is 3.25. The van der Waals surface area contributed by atoms with Crippen LogP contribution >= 0.6 is 0 Å². The predicted molar refractivity (Wildman–Crippen MR) is 91.3 cm³/mol. The van der Waals surface area contributed by atoms with Gasteiger partial charge in [-0.1, -0.05) is 18.2 Å². The van der Waals surface area contributed by atoms with Gasteiger partial charge in [0.1, 0.15) is 19.0 Å². The molecule has 1 heterocycles. The molecule has 0 aromatic heterocycles. The minimum atomic E-state index is -0.160. The average Bonchev–Trinajstić information content (AvgIpc) is 2.64. The van der Waals surface area contributed by atoms with Crippen molar-refractivity contribution in [1.82, 2.24) is 5.32 Å². The summed E-state index contributed by atoms with van der Waals surface area (Å²) in [5, 5.41) is 2.85. The highest BCUT2D eigenvalue weighted by Crippen LogP contribution is 2.31. The second-order valence-electron chi connectivity index (χ2n) is 5.31. The number of ether oxygens (including phenoxy) is 3. The van der Waals surface area contributed by atoms with Gasteiger partial charge in [-0.2, -0.15) is 0 Å². The summed E-state index contributed by atoms with van der Waals surface area (Å²) in [6, 6.07) is 13.2. The van der Waals surface area contributed by atoms with E-state index in [4.69, 9.17) is 14.2 Å². The normalized spacial score (nSPS) is 12.9. The molecule has 1 amide bonds. The van der Waals surface area contributed by atoms with Crippen molar-refractivity contribution in [3.63, 3.8) is 0 Å². The highest BCUT2D eigenvalue weighted by Gasteiger charge is 2.10. The van der Waals surface area contributed by atoms with Crippen molar-refractivity contribution in [2.75, 3.05) is 20.3 Å². The van der Waals surface area contributed by atoms with Crippen molar-refractivity contribution < 1.29 is 19.0 Å². The molecule has 0 unspecified atom stereocenters. The number of amides is 1. The molecule has 0 bridgehead atoms. The minimum Gasteiger partial charge on any atom is -0.497 e. The molecule has 0 aliphatic carbocycles. The number of fused-ring (bicyclic) bond motifs is 1. The highest BCUT2D eigenvalue weighted by molar-refractivity contribution is 5.91. The zero-order valence-electron chi connectivity index (χ0n) is 13.5. The maximum Gasteiger partial charge on any atom is 0.244 e. The Morgan fingerprint density at radius 3 is 2.83 bits per heavy atom. The number of rotatable bonds is 5. The van der Waals surface area contributed by atoms with E-state index in [2.05, 4.69) is 5.32 Å². The molecule has 0 saturated heterocycles. The second-order valence-corrected chi connectivity index (χ2v) is 5.31. The quantitative estimate of drug-likeness (QED) is 0.859. The maximum atomic E-state index is 11.9. The SMILES string of the molecule is COc1cccc(CNC(=O)/C=C/c2ccc3c(c2)OCCO3)c1. The lowest BCUT2D eigenvalue weighted by atomic mass is 10.1. The van der Waals surface area contributed by atoms with Crippen molar-refractivity contribution in [1.29, 1.82) is 0 Å². The smallest absolute Gasteiger partial charge is 0.244 e. The van der Waals surface area contributed by atoms with Gasteiger partial charge >= 0.3 is 0 Å². The second kappa shape index (κ2) is 7.55. The lowest BCUT2D eigenvalue weighted by Crippen LogP contribution is -2.20. The molecule has 0 spiro atoms. The summed E-state index contributed by atoms with van der Waals surface area (Å²) in [5.41, 5.74) is 1.87. The third-order valence-corrected chi connectivity index (χ3v) is 3.59. The lowest BCUT2D eigenvalue weighted by molar-refractivity contribution is -0.116. The van der Waals surface area contributed by atoms with E-state index in [1.807, 2.05) is 42.5 Å². The van der Waals surface area contributed by atoms with E-state index < -0.39 is 0 Å². The Morgan fingerprint density at radius 1 is 1.17 bits per heavy atom. The summed E-state index contributed by atoms with van der Waals surface area (Å²) in [5.74, 6) is 2.06. The molecular weight excluding hydrogens is 306 g/mol. The first-order valence-corrected chi connectivity index (χ1v) is 7.73. The Labute approximate surface area is 140 Å².